The van der Waals surface area contributed by atoms with E-state index in [2.05, 4.69) is 21.2 Å². The van der Waals surface area contributed by atoms with Gasteiger partial charge < -0.3 is 10.4 Å². The van der Waals surface area contributed by atoms with Crippen molar-refractivity contribution in [3.05, 3.63) is 34.3 Å². The Hall–Kier alpha value is -1.08. The van der Waals surface area contributed by atoms with Gasteiger partial charge in [0.25, 0.3) is 0 Å². The third-order valence-corrected chi connectivity index (χ3v) is 3.42. The minimum atomic E-state index is -4.76. The van der Waals surface area contributed by atoms with Crippen molar-refractivity contribution >= 4 is 21.9 Å². The number of carboxylic acids is 1. The summed E-state index contributed by atoms with van der Waals surface area (Å²) >= 11 is 3.29. The molecule has 0 bridgehead atoms. The van der Waals surface area contributed by atoms with Crippen molar-refractivity contribution in [3.8, 4) is 0 Å². The summed E-state index contributed by atoms with van der Waals surface area (Å²) in [6, 6.07) is 6.68. The molecule has 0 radical (unpaired) electrons. The fourth-order valence-corrected chi connectivity index (χ4v) is 2.20. The fraction of sp³-hybridized carbons (Fsp3) is 0.417. The molecule has 2 atom stereocenters. The molecule has 0 saturated carbocycles. The molecule has 0 spiro atoms. The number of carbonyl (C=O) groups is 1. The highest BCUT2D eigenvalue weighted by molar-refractivity contribution is 9.10. The van der Waals surface area contributed by atoms with E-state index in [4.69, 9.17) is 5.11 Å². The SMILES string of the molecule is C[C@H](NCC(C(=O)O)C(F)(F)F)c1ccccc1Br. The highest BCUT2D eigenvalue weighted by Gasteiger charge is 2.44. The highest BCUT2D eigenvalue weighted by atomic mass is 79.9. The van der Waals surface area contributed by atoms with E-state index in [-0.39, 0.29) is 6.04 Å². The molecule has 1 aromatic rings. The zero-order valence-electron chi connectivity index (χ0n) is 10.0. The van der Waals surface area contributed by atoms with Crippen molar-refractivity contribution in [1.29, 1.82) is 0 Å². The molecule has 2 N–H and O–H groups in total. The van der Waals surface area contributed by atoms with Crippen LogP contribution in [0.15, 0.2) is 28.7 Å². The second-order valence-electron chi connectivity index (χ2n) is 4.08. The standard InChI is InChI=1S/C12H13BrF3NO2/c1-7(8-4-2-3-5-10(8)13)17-6-9(11(18)19)12(14,15)16/h2-5,7,9,17H,6H2,1H3,(H,18,19)/t7-,9?/m0/s1. The monoisotopic (exact) mass is 339 g/mol. The lowest BCUT2D eigenvalue weighted by Gasteiger charge is -2.20. The molecule has 0 heterocycles. The van der Waals surface area contributed by atoms with E-state index < -0.39 is 24.6 Å². The zero-order chi connectivity index (χ0) is 14.6. The fourth-order valence-electron chi connectivity index (χ4n) is 1.57. The van der Waals surface area contributed by atoms with Gasteiger partial charge in [-0.25, -0.2) is 0 Å². The van der Waals surface area contributed by atoms with E-state index in [1.807, 2.05) is 0 Å². The minimum Gasteiger partial charge on any atom is -0.481 e. The number of aliphatic carboxylic acids is 1. The Balaban J connectivity index is 2.70. The van der Waals surface area contributed by atoms with E-state index in [1.54, 1.807) is 31.2 Å². The van der Waals surface area contributed by atoms with E-state index in [0.717, 1.165) is 10.0 Å². The summed E-state index contributed by atoms with van der Waals surface area (Å²) in [5.74, 6) is -4.28. The smallest absolute Gasteiger partial charge is 0.403 e. The second kappa shape index (κ2) is 6.38. The predicted octanol–water partition coefficient (Wildman–Crippen LogP) is 3.36. The third-order valence-electron chi connectivity index (χ3n) is 2.69. The first-order valence-corrected chi connectivity index (χ1v) is 6.30. The number of rotatable bonds is 5. The van der Waals surface area contributed by atoms with Crippen LogP contribution in [0.25, 0.3) is 0 Å². The molecule has 0 fully saturated rings. The summed E-state index contributed by atoms with van der Waals surface area (Å²) in [4.78, 5) is 10.6. The molecule has 0 aliphatic carbocycles. The topological polar surface area (TPSA) is 49.3 Å². The summed E-state index contributed by atoms with van der Waals surface area (Å²) in [5, 5.41) is 11.2. The number of hydrogen-bond acceptors (Lipinski definition) is 2. The first-order valence-electron chi connectivity index (χ1n) is 5.50. The lowest BCUT2D eigenvalue weighted by molar-refractivity contribution is -0.192. The van der Waals surface area contributed by atoms with Crippen molar-refractivity contribution in [2.24, 2.45) is 5.92 Å². The van der Waals surface area contributed by atoms with Gasteiger partial charge >= 0.3 is 12.1 Å². The van der Waals surface area contributed by atoms with Gasteiger partial charge in [0, 0.05) is 17.1 Å². The molecule has 0 aliphatic rings. The van der Waals surface area contributed by atoms with Gasteiger partial charge in [-0.3, -0.25) is 4.79 Å². The number of halogens is 4. The molecule has 0 saturated heterocycles. The van der Waals surface area contributed by atoms with Crippen LogP contribution >= 0.6 is 15.9 Å². The Bertz CT molecular complexity index is 451. The Morgan fingerprint density at radius 3 is 2.47 bits per heavy atom. The number of nitrogens with one attached hydrogen (secondary N) is 1. The zero-order valence-corrected chi connectivity index (χ0v) is 11.6. The largest absolute Gasteiger partial charge is 0.481 e. The van der Waals surface area contributed by atoms with Crippen LogP contribution in [0.5, 0.6) is 0 Å². The molecular formula is C12H13BrF3NO2. The molecule has 7 heteroatoms. The van der Waals surface area contributed by atoms with Crippen LogP contribution in [-0.4, -0.2) is 23.8 Å². The van der Waals surface area contributed by atoms with Crippen LogP contribution in [0, 0.1) is 5.92 Å². The molecule has 1 unspecified atom stereocenters. The van der Waals surface area contributed by atoms with E-state index >= 15 is 0 Å². The molecular weight excluding hydrogens is 327 g/mol. The maximum absolute atomic E-state index is 12.5. The normalized spacial score (nSPS) is 15.0. The summed E-state index contributed by atoms with van der Waals surface area (Å²) in [7, 11) is 0. The van der Waals surface area contributed by atoms with Crippen LogP contribution in [0.3, 0.4) is 0 Å². The predicted molar refractivity (Wildman–Crippen MR) is 67.7 cm³/mol. The van der Waals surface area contributed by atoms with Crippen molar-refractivity contribution < 1.29 is 23.1 Å². The molecule has 106 valence electrons. The van der Waals surface area contributed by atoms with Crippen molar-refractivity contribution in [3.63, 3.8) is 0 Å². The second-order valence-corrected chi connectivity index (χ2v) is 4.94. The summed E-state index contributed by atoms with van der Waals surface area (Å²) in [6.45, 7) is 1.01. The highest BCUT2D eigenvalue weighted by Crippen LogP contribution is 2.27. The molecule has 1 rings (SSSR count). The van der Waals surface area contributed by atoms with Gasteiger partial charge in [0.05, 0.1) is 0 Å². The Morgan fingerprint density at radius 2 is 2.00 bits per heavy atom. The van der Waals surface area contributed by atoms with Crippen molar-refractivity contribution in [2.75, 3.05) is 6.54 Å². The van der Waals surface area contributed by atoms with E-state index in [0.29, 0.717) is 0 Å². The van der Waals surface area contributed by atoms with Gasteiger partial charge in [0.1, 0.15) is 0 Å². The maximum Gasteiger partial charge on any atom is 0.403 e. The van der Waals surface area contributed by atoms with Crippen molar-refractivity contribution in [2.45, 2.75) is 19.1 Å². The van der Waals surface area contributed by atoms with Gasteiger partial charge in [-0.2, -0.15) is 13.2 Å². The Morgan fingerprint density at radius 1 is 1.42 bits per heavy atom. The van der Waals surface area contributed by atoms with Crippen LogP contribution in [-0.2, 0) is 4.79 Å². The van der Waals surface area contributed by atoms with Crippen LogP contribution < -0.4 is 5.32 Å². The summed E-state index contributed by atoms with van der Waals surface area (Å²) in [6.07, 6.45) is -4.76. The van der Waals surface area contributed by atoms with Gasteiger partial charge in [0.15, 0.2) is 5.92 Å². The molecule has 1 aromatic carbocycles. The number of benzene rings is 1. The van der Waals surface area contributed by atoms with Crippen molar-refractivity contribution in [1.82, 2.24) is 5.32 Å². The summed E-state index contributed by atoms with van der Waals surface area (Å²) < 4.78 is 38.2. The summed E-state index contributed by atoms with van der Waals surface area (Å²) in [5.41, 5.74) is 0.772. The lowest BCUT2D eigenvalue weighted by Crippen LogP contribution is -2.39. The van der Waals surface area contributed by atoms with Gasteiger partial charge in [0.2, 0.25) is 0 Å². The number of carboxylic acid groups (broad SMARTS) is 1. The maximum atomic E-state index is 12.5. The number of hydrogen-bond donors (Lipinski definition) is 2. The first-order chi connectivity index (χ1) is 8.73. The van der Waals surface area contributed by atoms with Gasteiger partial charge in [-0.15, -0.1) is 0 Å². The Kier molecular flexibility index (Phi) is 5.37. The first kappa shape index (κ1) is 16.0. The molecule has 0 aromatic heterocycles. The molecule has 3 nitrogen and oxygen atoms in total. The average molecular weight is 340 g/mol. The number of alkyl halides is 3. The average Bonchev–Trinajstić information content (AvgIpc) is 2.27. The van der Waals surface area contributed by atoms with Crippen LogP contribution in [0.1, 0.15) is 18.5 Å². The molecule has 19 heavy (non-hydrogen) atoms. The lowest BCUT2D eigenvalue weighted by atomic mass is 10.1. The quantitative estimate of drug-likeness (QED) is 0.864. The van der Waals surface area contributed by atoms with Gasteiger partial charge in [-0.05, 0) is 18.6 Å². The minimum absolute atomic E-state index is 0.389. The van der Waals surface area contributed by atoms with E-state index in [1.165, 1.54) is 0 Å². The van der Waals surface area contributed by atoms with E-state index in [9.17, 15) is 18.0 Å². The van der Waals surface area contributed by atoms with Crippen LogP contribution in [0.2, 0.25) is 0 Å². The molecule has 0 amide bonds. The van der Waals surface area contributed by atoms with Crippen LogP contribution in [0.4, 0.5) is 13.2 Å². The third kappa shape index (κ3) is 4.50. The molecule has 0 aliphatic heterocycles. The Labute approximate surface area is 116 Å². The van der Waals surface area contributed by atoms with Gasteiger partial charge in [-0.1, -0.05) is 34.1 Å².